The normalized spacial score (nSPS) is 10.8. The molecular weight excluding hydrogens is 256 g/mol. The largest absolute Gasteiger partial charge is 0.505 e. The van der Waals surface area contributed by atoms with Gasteiger partial charge in [-0.2, -0.15) is 0 Å². The van der Waals surface area contributed by atoms with E-state index >= 15 is 0 Å². The molecule has 0 fully saturated rings. The third-order valence-corrected chi connectivity index (χ3v) is 4.03. The van der Waals surface area contributed by atoms with Crippen molar-refractivity contribution in [2.24, 2.45) is 0 Å². The molecule has 2 aromatic rings. The molecule has 0 amide bonds. The van der Waals surface area contributed by atoms with Crippen LogP contribution in [0.4, 0.5) is 0 Å². The maximum Gasteiger partial charge on any atom is 0.148 e. The molecule has 0 saturated carbocycles. The van der Waals surface area contributed by atoms with E-state index in [-0.39, 0.29) is 0 Å². The average molecular weight is 261 g/mol. The van der Waals surface area contributed by atoms with Gasteiger partial charge >= 0.3 is 0 Å². The Kier molecular flexibility index (Phi) is 2.06. The van der Waals surface area contributed by atoms with Crippen LogP contribution in [-0.2, 0) is 0 Å². The van der Waals surface area contributed by atoms with Gasteiger partial charge in [0.2, 0.25) is 0 Å². The molecule has 1 N–H and O–H groups in total. The van der Waals surface area contributed by atoms with Gasteiger partial charge in [-0.3, -0.25) is 0 Å². The number of halogens is 1. The van der Waals surface area contributed by atoms with Crippen molar-refractivity contribution in [1.29, 1.82) is 0 Å². The van der Waals surface area contributed by atoms with Crippen molar-refractivity contribution in [1.82, 2.24) is 0 Å². The highest BCUT2D eigenvalue weighted by atomic mass is 79.9. The van der Waals surface area contributed by atoms with Crippen molar-refractivity contribution in [3.8, 4) is 5.75 Å². The lowest BCUT2D eigenvalue weighted by molar-refractivity contribution is 0.481. The highest BCUT2D eigenvalue weighted by molar-refractivity contribution is 9.11. The Bertz CT molecular complexity index is 436. The predicted octanol–water partition coefficient (Wildman–Crippen LogP) is 3.66. The van der Waals surface area contributed by atoms with Gasteiger partial charge in [0.1, 0.15) is 9.54 Å². The summed E-state index contributed by atoms with van der Waals surface area (Å²) in [6.07, 6.45) is 0. The Hall–Kier alpha value is -0.190. The number of hydrogen-bond donors (Lipinski definition) is 2. The zero-order valence-corrected chi connectivity index (χ0v) is 9.21. The fourth-order valence-corrected chi connectivity index (χ4v) is 2.94. The minimum absolute atomic E-state index is 0.311. The molecule has 0 aliphatic rings. The first kappa shape index (κ1) is 8.41. The van der Waals surface area contributed by atoms with Crippen molar-refractivity contribution in [3.05, 3.63) is 22.0 Å². The van der Waals surface area contributed by atoms with Crippen molar-refractivity contribution >= 4 is 50.0 Å². The SMILES string of the molecule is Oc1c(Br)sc2c(S)cccc12. The molecule has 2 rings (SSSR count). The minimum Gasteiger partial charge on any atom is -0.505 e. The van der Waals surface area contributed by atoms with Gasteiger partial charge in [-0.15, -0.1) is 24.0 Å². The van der Waals surface area contributed by atoms with Gasteiger partial charge in [-0.25, -0.2) is 0 Å². The highest BCUT2D eigenvalue weighted by Crippen LogP contribution is 2.42. The van der Waals surface area contributed by atoms with Crippen LogP contribution in [0, 0.1) is 0 Å². The lowest BCUT2D eigenvalue weighted by Crippen LogP contribution is -1.65. The summed E-state index contributed by atoms with van der Waals surface area (Å²) in [5.41, 5.74) is 0. The van der Waals surface area contributed by atoms with Gasteiger partial charge in [0, 0.05) is 10.3 Å². The molecule has 1 heterocycles. The van der Waals surface area contributed by atoms with Gasteiger partial charge in [-0.1, -0.05) is 6.07 Å². The van der Waals surface area contributed by atoms with Crippen LogP contribution >= 0.6 is 39.9 Å². The van der Waals surface area contributed by atoms with Gasteiger partial charge in [0.25, 0.3) is 0 Å². The number of benzene rings is 1. The van der Waals surface area contributed by atoms with Gasteiger partial charge in [0.05, 0.1) is 4.70 Å². The van der Waals surface area contributed by atoms with Crippen molar-refractivity contribution in [2.45, 2.75) is 4.90 Å². The predicted molar refractivity (Wildman–Crippen MR) is 58.4 cm³/mol. The molecule has 1 aromatic heterocycles. The number of thiophene rings is 1. The smallest absolute Gasteiger partial charge is 0.148 e. The van der Waals surface area contributed by atoms with E-state index in [9.17, 15) is 5.11 Å². The van der Waals surface area contributed by atoms with Crippen LogP contribution in [0.3, 0.4) is 0 Å². The van der Waals surface area contributed by atoms with Gasteiger partial charge in [-0.05, 0) is 28.1 Å². The monoisotopic (exact) mass is 260 g/mol. The first-order valence-electron chi connectivity index (χ1n) is 3.29. The lowest BCUT2D eigenvalue weighted by atomic mass is 10.2. The van der Waals surface area contributed by atoms with Gasteiger partial charge in [0.15, 0.2) is 0 Å². The fraction of sp³-hybridized carbons (Fsp3) is 0. The van der Waals surface area contributed by atoms with Crippen molar-refractivity contribution < 1.29 is 5.11 Å². The van der Waals surface area contributed by atoms with E-state index in [1.807, 2.05) is 18.2 Å². The van der Waals surface area contributed by atoms with Crippen LogP contribution in [0.1, 0.15) is 0 Å². The summed E-state index contributed by atoms with van der Waals surface area (Å²) in [7, 11) is 0. The Morgan fingerprint density at radius 2 is 2.17 bits per heavy atom. The second-order valence-electron chi connectivity index (χ2n) is 2.38. The topological polar surface area (TPSA) is 20.2 Å². The molecule has 62 valence electrons. The summed E-state index contributed by atoms with van der Waals surface area (Å²) in [4.78, 5) is 0.901. The summed E-state index contributed by atoms with van der Waals surface area (Å²) in [6.45, 7) is 0. The van der Waals surface area contributed by atoms with Crippen LogP contribution in [0.5, 0.6) is 5.75 Å². The summed E-state index contributed by atoms with van der Waals surface area (Å²) < 4.78 is 1.78. The summed E-state index contributed by atoms with van der Waals surface area (Å²) >= 11 is 9.06. The summed E-state index contributed by atoms with van der Waals surface area (Å²) in [5.74, 6) is 0.311. The van der Waals surface area contributed by atoms with E-state index in [4.69, 9.17) is 0 Å². The standard InChI is InChI=1S/C8H5BrOS2/c9-8-6(10)4-2-1-3-5(11)7(4)12-8/h1-3,10-11H. The molecule has 4 heteroatoms. The second-order valence-corrected chi connectivity index (χ2v) is 5.20. The molecule has 0 bridgehead atoms. The first-order chi connectivity index (χ1) is 5.70. The van der Waals surface area contributed by atoms with E-state index in [0.717, 1.165) is 18.8 Å². The third-order valence-electron chi connectivity index (χ3n) is 1.63. The first-order valence-corrected chi connectivity index (χ1v) is 5.35. The van der Waals surface area contributed by atoms with Crippen molar-refractivity contribution in [3.63, 3.8) is 0 Å². The lowest BCUT2D eigenvalue weighted by Gasteiger charge is -1.92. The van der Waals surface area contributed by atoms with E-state index in [1.165, 1.54) is 11.3 Å². The van der Waals surface area contributed by atoms with Gasteiger partial charge < -0.3 is 5.11 Å². The Morgan fingerprint density at radius 3 is 2.83 bits per heavy atom. The minimum atomic E-state index is 0.311. The maximum absolute atomic E-state index is 9.55. The summed E-state index contributed by atoms with van der Waals surface area (Å²) in [6, 6.07) is 5.67. The highest BCUT2D eigenvalue weighted by Gasteiger charge is 2.09. The fourth-order valence-electron chi connectivity index (χ4n) is 1.06. The third kappa shape index (κ3) is 1.14. The molecule has 0 radical (unpaired) electrons. The molecule has 0 aliphatic heterocycles. The number of fused-ring (bicyclic) bond motifs is 1. The van der Waals surface area contributed by atoms with Crippen LogP contribution < -0.4 is 0 Å². The molecule has 12 heavy (non-hydrogen) atoms. The number of hydrogen-bond acceptors (Lipinski definition) is 3. The summed E-state index contributed by atoms with van der Waals surface area (Å²) in [5, 5.41) is 10.4. The number of thiol groups is 1. The van der Waals surface area contributed by atoms with E-state index in [2.05, 4.69) is 28.6 Å². The number of rotatable bonds is 0. The molecule has 0 atom stereocenters. The molecule has 1 nitrogen and oxygen atoms in total. The van der Waals surface area contributed by atoms with E-state index < -0.39 is 0 Å². The van der Waals surface area contributed by atoms with Crippen LogP contribution in [0.25, 0.3) is 10.1 Å². The Morgan fingerprint density at radius 1 is 1.42 bits per heavy atom. The molecular formula is C8H5BrOS2. The quantitative estimate of drug-likeness (QED) is 0.693. The number of aromatic hydroxyl groups is 1. The molecule has 0 aliphatic carbocycles. The van der Waals surface area contributed by atoms with E-state index in [1.54, 1.807) is 0 Å². The Labute approximate surface area is 87.6 Å². The van der Waals surface area contributed by atoms with Crippen LogP contribution in [0.2, 0.25) is 0 Å². The molecule has 1 aromatic carbocycles. The zero-order chi connectivity index (χ0) is 8.72. The Balaban J connectivity index is 2.95. The molecule has 0 saturated heterocycles. The second kappa shape index (κ2) is 2.94. The van der Waals surface area contributed by atoms with Crippen LogP contribution in [-0.4, -0.2) is 5.11 Å². The van der Waals surface area contributed by atoms with Crippen LogP contribution in [0.15, 0.2) is 26.9 Å². The zero-order valence-electron chi connectivity index (χ0n) is 5.91. The molecule has 0 spiro atoms. The molecule has 0 unspecified atom stereocenters. The van der Waals surface area contributed by atoms with Crippen molar-refractivity contribution in [2.75, 3.05) is 0 Å². The maximum atomic E-state index is 9.55. The average Bonchev–Trinajstić information content (AvgIpc) is 2.32. The van der Waals surface area contributed by atoms with E-state index in [0.29, 0.717) is 5.75 Å².